The van der Waals surface area contributed by atoms with E-state index in [2.05, 4.69) is 4.98 Å². The minimum absolute atomic E-state index is 0.0426. The maximum Gasteiger partial charge on any atom is 0.509 e. The monoisotopic (exact) mass is 270 g/mol. The molecule has 0 radical (unpaired) electrons. The van der Waals surface area contributed by atoms with Gasteiger partial charge in [0.1, 0.15) is 6.61 Å². The van der Waals surface area contributed by atoms with Crippen LogP contribution in [0.1, 0.15) is 5.56 Å². The minimum Gasteiger partial charge on any atom is -0.486 e. The first kappa shape index (κ1) is 13.4. The SMILES string of the molecule is Fc1ccc([B-](F)(F)F)cc1OCc1cccnc1. The Morgan fingerprint density at radius 3 is 2.58 bits per heavy atom. The van der Waals surface area contributed by atoms with E-state index in [4.69, 9.17) is 4.74 Å². The number of pyridine rings is 1. The molecule has 1 aromatic heterocycles. The summed E-state index contributed by atoms with van der Waals surface area (Å²) in [6.45, 7) is -5.21. The Morgan fingerprint density at radius 2 is 1.95 bits per heavy atom. The molecule has 1 aromatic carbocycles. The second-order valence-corrected chi connectivity index (χ2v) is 3.91. The van der Waals surface area contributed by atoms with Crippen molar-refractivity contribution < 1.29 is 22.1 Å². The molecule has 0 saturated carbocycles. The fourth-order valence-electron chi connectivity index (χ4n) is 1.48. The van der Waals surface area contributed by atoms with Gasteiger partial charge < -0.3 is 17.7 Å². The van der Waals surface area contributed by atoms with E-state index in [9.17, 15) is 17.3 Å². The summed E-state index contributed by atoms with van der Waals surface area (Å²) >= 11 is 0. The molecule has 1 heterocycles. The zero-order valence-corrected chi connectivity index (χ0v) is 9.69. The van der Waals surface area contributed by atoms with E-state index in [1.165, 1.54) is 6.20 Å². The number of benzene rings is 1. The van der Waals surface area contributed by atoms with Gasteiger partial charge in [0.05, 0.1) is 0 Å². The van der Waals surface area contributed by atoms with Crippen molar-refractivity contribution in [3.63, 3.8) is 0 Å². The first-order valence-electron chi connectivity index (χ1n) is 5.48. The van der Waals surface area contributed by atoms with E-state index in [0.717, 1.165) is 6.07 Å². The molecule has 0 atom stereocenters. The van der Waals surface area contributed by atoms with E-state index in [-0.39, 0.29) is 6.61 Å². The minimum atomic E-state index is -5.17. The normalized spacial score (nSPS) is 11.4. The van der Waals surface area contributed by atoms with Crippen molar-refractivity contribution in [1.82, 2.24) is 4.98 Å². The maximum absolute atomic E-state index is 13.4. The van der Waals surface area contributed by atoms with Crippen molar-refractivity contribution in [2.45, 2.75) is 6.61 Å². The lowest BCUT2D eigenvalue weighted by Crippen LogP contribution is -2.34. The van der Waals surface area contributed by atoms with E-state index < -0.39 is 24.0 Å². The van der Waals surface area contributed by atoms with Gasteiger partial charge in [-0.15, -0.1) is 5.46 Å². The molecule has 7 heteroatoms. The van der Waals surface area contributed by atoms with Crippen molar-refractivity contribution in [3.8, 4) is 5.75 Å². The highest BCUT2D eigenvalue weighted by molar-refractivity contribution is 6.73. The van der Waals surface area contributed by atoms with Gasteiger partial charge in [0.15, 0.2) is 11.6 Å². The molecule has 0 aliphatic rings. The molecule has 0 spiro atoms. The third kappa shape index (κ3) is 3.46. The fraction of sp³-hybridized carbons (Fsp3) is 0.0833. The molecule has 2 nitrogen and oxygen atoms in total. The number of hydrogen-bond acceptors (Lipinski definition) is 2. The van der Waals surface area contributed by atoms with Crippen molar-refractivity contribution in [2.75, 3.05) is 0 Å². The molecular weight excluding hydrogens is 261 g/mol. The summed E-state index contributed by atoms with van der Waals surface area (Å²) in [6.07, 6.45) is 3.05. The molecule has 0 bridgehead atoms. The Labute approximate surface area is 107 Å². The third-order valence-electron chi connectivity index (χ3n) is 2.45. The molecule has 0 aliphatic carbocycles. The molecule has 19 heavy (non-hydrogen) atoms. The van der Waals surface area contributed by atoms with Crippen LogP contribution >= 0.6 is 0 Å². The van der Waals surface area contributed by atoms with Crippen LogP contribution in [0.5, 0.6) is 5.75 Å². The maximum atomic E-state index is 13.4. The van der Waals surface area contributed by atoms with Crippen LogP contribution in [0, 0.1) is 5.82 Å². The zero-order valence-electron chi connectivity index (χ0n) is 9.69. The second-order valence-electron chi connectivity index (χ2n) is 3.91. The molecular formula is C12H9BF4NO-. The van der Waals surface area contributed by atoms with Gasteiger partial charge in [0, 0.05) is 18.0 Å². The Hall–Kier alpha value is -2.05. The van der Waals surface area contributed by atoms with Gasteiger partial charge in [0.25, 0.3) is 0 Å². The van der Waals surface area contributed by atoms with Crippen LogP contribution in [0.2, 0.25) is 0 Å². The number of rotatable bonds is 4. The van der Waals surface area contributed by atoms with Crippen molar-refractivity contribution in [1.29, 1.82) is 0 Å². The Balaban J connectivity index is 2.16. The zero-order chi connectivity index (χ0) is 13.9. The molecule has 0 aliphatic heterocycles. The average Bonchev–Trinajstić information content (AvgIpc) is 2.37. The van der Waals surface area contributed by atoms with Gasteiger partial charge in [0.2, 0.25) is 0 Å². The summed E-state index contributed by atoms with van der Waals surface area (Å²) in [5, 5.41) is 0. The topological polar surface area (TPSA) is 22.1 Å². The van der Waals surface area contributed by atoms with Gasteiger partial charge >= 0.3 is 6.98 Å². The van der Waals surface area contributed by atoms with Gasteiger partial charge in [-0.2, -0.15) is 0 Å². The molecule has 0 fully saturated rings. The number of nitrogens with zero attached hydrogens (tertiary/aromatic N) is 1. The van der Waals surface area contributed by atoms with E-state index in [1.54, 1.807) is 18.3 Å². The van der Waals surface area contributed by atoms with Gasteiger partial charge in [-0.1, -0.05) is 12.1 Å². The summed E-state index contributed by atoms with van der Waals surface area (Å²) in [6, 6.07) is 5.47. The quantitative estimate of drug-likeness (QED) is 0.629. The van der Waals surface area contributed by atoms with E-state index in [1.807, 2.05) is 0 Å². The highest BCUT2D eigenvalue weighted by Crippen LogP contribution is 2.19. The first-order valence-corrected chi connectivity index (χ1v) is 5.48. The smallest absolute Gasteiger partial charge is 0.486 e. The Morgan fingerprint density at radius 1 is 1.16 bits per heavy atom. The van der Waals surface area contributed by atoms with Crippen LogP contribution in [0.25, 0.3) is 0 Å². The lowest BCUT2D eigenvalue weighted by molar-refractivity contribution is 0.290. The summed E-state index contributed by atoms with van der Waals surface area (Å²) in [5.74, 6) is -1.24. The fourth-order valence-corrected chi connectivity index (χ4v) is 1.48. The van der Waals surface area contributed by atoms with Gasteiger partial charge in [-0.05, 0) is 18.2 Å². The van der Waals surface area contributed by atoms with Crippen molar-refractivity contribution in [2.24, 2.45) is 0 Å². The van der Waals surface area contributed by atoms with Crippen LogP contribution in [-0.4, -0.2) is 12.0 Å². The first-order chi connectivity index (χ1) is 8.97. The predicted molar refractivity (Wildman–Crippen MR) is 63.7 cm³/mol. The molecule has 0 saturated heterocycles. The summed E-state index contributed by atoms with van der Waals surface area (Å²) < 4.78 is 56.0. The van der Waals surface area contributed by atoms with Crippen LogP contribution < -0.4 is 10.2 Å². The second kappa shape index (κ2) is 5.30. The number of halogens is 4. The third-order valence-corrected chi connectivity index (χ3v) is 2.45. The molecule has 0 unspecified atom stereocenters. The van der Waals surface area contributed by atoms with Crippen LogP contribution in [0.15, 0.2) is 42.7 Å². The molecule has 2 aromatic rings. The number of aromatic nitrogens is 1. The van der Waals surface area contributed by atoms with Crippen LogP contribution in [0.4, 0.5) is 17.3 Å². The molecule has 0 N–H and O–H groups in total. The highest BCUT2D eigenvalue weighted by atomic mass is 19.4. The summed E-state index contributed by atoms with van der Waals surface area (Å²) in [7, 11) is 0. The summed E-state index contributed by atoms with van der Waals surface area (Å²) in [5.41, 5.74) is -0.243. The highest BCUT2D eigenvalue weighted by Gasteiger charge is 2.26. The predicted octanol–water partition coefficient (Wildman–Crippen LogP) is 2.85. The van der Waals surface area contributed by atoms with E-state index >= 15 is 0 Å². The van der Waals surface area contributed by atoms with Crippen LogP contribution in [-0.2, 0) is 6.61 Å². The van der Waals surface area contributed by atoms with Crippen LogP contribution in [0.3, 0.4) is 0 Å². The summed E-state index contributed by atoms with van der Waals surface area (Å²) in [4.78, 5) is 3.83. The van der Waals surface area contributed by atoms with Crippen molar-refractivity contribution in [3.05, 3.63) is 54.1 Å². The largest absolute Gasteiger partial charge is 0.509 e. The lowest BCUT2D eigenvalue weighted by atomic mass is 9.80. The molecule has 100 valence electrons. The molecule has 0 amide bonds. The van der Waals surface area contributed by atoms with Gasteiger partial charge in [-0.25, -0.2) is 4.39 Å². The van der Waals surface area contributed by atoms with E-state index in [0.29, 0.717) is 17.7 Å². The number of hydrogen-bond donors (Lipinski definition) is 0. The average molecular weight is 270 g/mol. The van der Waals surface area contributed by atoms with Gasteiger partial charge in [-0.3, -0.25) is 4.98 Å². The standard InChI is InChI=1S/C12H9BF4NO/c14-11-4-3-10(13(15,16)17)6-12(11)19-8-9-2-1-5-18-7-9/h1-7H,8H2/q-1. The lowest BCUT2D eigenvalue weighted by Gasteiger charge is -2.16. The van der Waals surface area contributed by atoms with Crippen molar-refractivity contribution >= 4 is 12.4 Å². The Kier molecular flexibility index (Phi) is 3.73. The number of ether oxygens (including phenoxy) is 1. The molecule has 2 rings (SSSR count). The Bertz CT molecular complexity index is 559.